The number of nitrogens with zero attached hydrogens (tertiary/aromatic N) is 4. The van der Waals surface area contributed by atoms with Crippen molar-refractivity contribution >= 4 is 5.69 Å². The number of benzene rings is 1. The lowest BCUT2D eigenvalue weighted by Gasteiger charge is -2.36. The van der Waals surface area contributed by atoms with Crippen molar-refractivity contribution in [3.05, 3.63) is 54.7 Å². The summed E-state index contributed by atoms with van der Waals surface area (Å²) in [5, 5.41) is 6.98. The van der Waals surface area contributed by atoms with Crippen LogP contribution in [0.3, 0.4) is 0 Å². The third kappa shape index (κ3) is 5.76. The average Bonchev–Trinajstić information content (AvgIpc) is 3.35. The van der Waals surface area contributed by atoms with Gasteiger partial charge in [-0.3, -0.25) is 10.00 Å². The summed E-state index contributed by atoms with van der Waals surface area (Å²) < 4.78 is 11.6. The van der Waals surface area contributed by atoms with E-state index < -0.39 is 0 Å². The summed E-state index contributed by atoms with van der Waals surface area (Å²) in [6, 6.07) is 16.0. The van der Waals surface area contributed by atoms with E-state index in [4.69, 9.17) is 9.47 Å². The SMILES string of the molecule is CCOc1ccccc1N1CCN(CCCCOc2cccc(-c3cc[nH]n3)n2)CC1. The molecule has 0 amide bonds. The Hall–Kier alpha value is -3.06. The molecule has 31 heavy (non-hydrogen) atoms. The van der Waals surface area contributed by atoms with E-state index in [9.17, 15) is 0 Å². The Morgan fingerprint density at radius 1 is 0.903 bits per heavy atom. The van der Waals surface area contributed by atoms with Gasteiger partial charge in [0.1, 0.15) is 11.4 Å². The molecular weight excluding hydrogens is 390 g/mol. The minimum atomic E-state index is 0.655. The zero-order valence-electron chi connectivity index (χ0n) is 18.2. The number of nitrogens with one attached hydrogen (secondary N) is 1. The zero-order chi connectivity index (χ0) is 21.3. The molecule has 164 valence electrons. The van der Waals surface area contributed by atoms with Crippen LogP contribution in [0.1, 0.15) is 19.8 Å². The third-order valence-corrected chi connectivity index (χ3v) is 5.48. The highest BCUT2D eigenvalue weighted by molar-refractivity contribution is 5.58. The predicted octanol–water partition coefficient (Wildman–Crippen LogP) is 3.85. The molecule has 1 N–H and O–H groups in total. The molecule has 1 fully saturated rings. The fraction of sp³-hybridized carbons (Fsp3) is 0.417. The molecule has 0 aliphatic carbocycles. The summed E-state index contributed by atoms with van der Waals surface area (Å²) in [7, 11) is 0. The molecule has 1 aromatic carbocycles. The van der Waals surface area contributed by atoms with Crippen molar-refractivity contribution in [1.29, 1.82) is 0 Å². The van der Waals surface area contributed by atoms with Crippen LogP contribution in [-0.4, -0.2) is 66.0 Å². The van der Waals surface area contributed by atoms with Gasteiger partial charge in [0.25, 0.3) is 0 Å². The van der Waals surface area contributed by atoms with Crippen molar-refractivity contribution in [2.24, 2.45) is 0 Å². The van der Waals surface area contributed by atoms with Gasteiger partial charge in [-0.2, -0.15) is 5.10 Å². The molecule has 2 aromatic heterocycles. The fourth-order valence-corrected chi connectivity index (χ4v) is 3.86. The molecule has 4 rings (SSSR count). The molecule has 0 radical (unpaired) electrons. The van der Waals surface area contributed by atoms with Crippen LogP contribution in [0.2, 0.25) is 0 Å². The first-order valence-corrected chi connectivity index (χ1v) is 11.1. The van der Waals surface area contributed by atoms with Crippen LogP contribution < -0.4 is 14.4 Å². The third-order valence-electron chi connectivity index (χ3n) is 5.48. The highest BCUT2D eigenvalue weighted by atomic mass is 16.5. The van der Waals surface area contributed by atoms with Gasteiger partial charge in [0.05, 0.1) is 24.6 Å². The van der Waals surface area contributed by atoms with E-state index >= 15 is 0 Å². The number of H-pyrrole nitrogens is 1. The molecule has 0 unspecified atom stereocenters. The molecule has 1 saturated heterocycles. The zero-order valence-corrected chi connectivity index (χ0v) is 18.2. The van der Waals surface area contributed by atoms with E-state index in [2.05, 4.69) is 43.2 Å². The van der Waals surface area contributed by atoms with Crippen molar-refractivity contribution in [3.63, 3.8) is 0 Å². The van der Waals surface area contributed by atoms with E-state index in [1.807, 2.05) is 37.3 Å². The van der Waals surface area contributed by atoms with Crippen LogP contribution in [0, 0.1) is 0 Å². The van der Waals surface area contributed by atoms with Gasteiger partial charge in [0, 0.05) is 38.4 Å². The van der Waals surface area contributed by atoms with E-state index in [1.54, 1.807) is 6.20 Å². The van der Waals surface area contributed by atoms with Crippen LogP contribution in [-0.2, 0) is 0 Å². The van der Waals surface area contributed by atoms with Crippen LogP contribution >= 0.6 is 0 Å². The van der Waals surface area contributed by atoms with Gasteiger partial charge < -0.3 is 14.4 Å². The van der Waals surface area contributed by atoms with Gasteiger partial charge in [0.2, 0.25) is 5.88 Å². The highest BCUT2D eigenvalue weighted by Crippen LogP contribution is 2.28. The van der Waals surface area contributed by atoms with E-state index in [1.165, 1.54) is 5.69 Å². The Morgan fingerprint density at radius 2 is 1.77 bits per heavy atom. The first kappa shape index (κ1) is 21.2. The minimum absolute atomic E-state index is 0.655. The number of aromatic nitrogens is 3. The Kier molecular flexibility index (Phi) is 7.39. The second-order valence-corrected chi connectivity index (χ2v) is 7.61. The molecule has 3 aromatic rings. The number of ether oxygens (including phenoxy) is 2. The molecule has 7 nitrogen and oxygen atoms in total. The standard InChI is InChI=1S/C24H31N5O2/c1-2-30-23-10-4-3-9-22(23)29-17-15-28(16-18-29)14-5-6-19-31-24-11-7-8-20(26-24)21-12-13-25-27-21/h3-4,7-13H,2,5-6,14-19H2,1H3,(H,25,27). The molecule has 0 atom stereocenters. The van der Waals surface area contributed by atoms with Crippen molar-refractivity contribution in [2.45, 2.75) is 19.8 Å². The lowest BCUT2D eigenvalue weighted by Crippen LogP contribution is -2.46. The number of unbranched alkanes of at least 4 members (excludes halogenated alkanes) is 1. The Balaban J connectivity index is 1.16. The second-order valence-electron chi connectivity index (χ2n) is 7.61. The quantitative estimate of drug-likeness (QED) is 0.502. The van der Waals surface area contributed by atoms with Crippen molar-refractivity contribution < 1.29 is 9.47 Å². The van der Waals surface area contributed by atoms with Gasteiger partial charge in [0.15, 0.2) is 0 Å². The summed E-state index contributed by atoms with van der Waals surface area (Å²) in [5.41, 5.74) is 2.86. The molecular formula is C24H31N5O2. The predicted molar refractivity (Wildman–Crippen MR) is 123 cm³/mol. The summed E-state index contributed by atoms with van der Waals surface area (Å²) >= 11 is 0. The van der Waals surface area contributed by atoms with E-state index in [0.29, 0.717) is 19.1 Å². The highest BCUT2D eigenvalue weighted by Gasteiger charge is 2.19. The van der Waals surface area contributed by atoms with Gasteiger partial charge in [-0.15, -0.1) is 0 Å². The number of aromatic amines is 1. The van der Waals surface area contributed by atoms with E-state index in [0.717, 1.165) is 62.7 Å². The van der Waals surface area contributed by atoms with Gasteiger partial charge >= 0.3 is 0 Å². The van der Waals surface area contributed by atoms with Gasteiger partial charge in [-0.25, -0.2) is 4.98 Å². The lowest BCUT2D eigenvalue weighted by molar-refractivity contribution is 0.236. The molecule has 0 saturated carbocycles. The molecule has 1 aliphatic rings. The van der Waals surface area contributed by atoms with Crippen LogP contribution in [0.5, 0.6) is 11.6 Å². The van der Waals surface area contributed by atoms with Crippen LogP contribution in [0.15, 0.2) is 54.7 Å². The first-order valence-electron chi connectivity index (χ1n) is 11.1. The van der Waals surface area contributed by atoms with Crippen molar-refractivity contribution in [1.82, 2.24) is 20.1 Å². The molecule has 7 heteroatoms. The maximum Gasteiger partial charge on any atom is 0.213 e. The molecule has 3 heterocycles. The number of para-hydroxylation sites is 2. The normalized spacial score (nSPS) is 14.5. The number of piperazine rings is 1. The Bertz CT molecular complexity index is 923. The number of hydrogen-bond donors (Lipinski definition) is 1. The fourth-order valence-electron chi connectivity index (χ4n) is 3.86. The summed E-state index contributed by atoms with van der Waals surface area (Å²) in [5.74, 6) is 1.64. The monoisotopic (exact) mass is 421 g/mol. The number of rotatable bonds is 10. The van der Waals surface area contributed by atoms with E-state index in [-0.39, 0.29) is 0 Å². The number of hydrogen-bond acceptors (Lipinski definition) is 6. The summed E-state index contributed by atoms with van der Waals surface area (Å²) in [6.45, 7) is 8.73. The maximum absolute atomic E-state index is 5.86. The molecule has 1 aliphatic heterocycles. The topological polar surface area (TPSA) is 66.5 Å². The van der Waals surface area contributed by atoms with Crippen molar-refractivity contribution in [2.75, 3.05) is 50.8 Å². The summed E-state index contributed by atoms with van der Waals surface area (Å²) in [6.07, 6.45) is 3.93. The summed E-state index contributed by atoms with van der Waals surface area (Å²) in [4.78, 5) is 9.50. The minimum Gasteiger partial charge on any atom is -0.492 e. The molecule has 0 spiro atoms. The maximum atomic E-state index is 5.86. The first-order chi connectivity index (χ1) is 15.3. The van der Waals surface area contributed by atoms with Crippen molar-refractivity contribution in [3.8, 4) is 23.0 Å². The molecule has 0 bridgehead atoms. The smallest absolute Gasteiger partial charge is 0.213 e. The van der Waals surface area contributed by atoms with Crippen LogP contribution in [0.25, 0.3) is 11.4 Å². The van der Waals surface area contributed by atoms with Gasteiger partial charge in [-0.05, 0) is 50.6 Å². The number of pyridine rings is 1. The van der Waals surface area contributed by atoms with Gasteiger partial charge in [-0.1, -0.05) is 18.2 Å². The second kappa shape index (κ2) is 10.8. The lowest BCUT2D eigenvalue weighted by atomic mass is 10.2. The average molecular weight is 422 g/mol. The Morgan fingerprint density at radius 3 is 2.58 bits per heavy atom. The number of anilines is 1. The largest absolute Gasteiger partial charge is 0.492 e. The Labute approximate surface area is 184 Å². The van der Waals surface area contributed by atoms with Crippen LogP contribution in [0.4, 0.5) is 5.69 Å².